The molecule has 1 fully saturated rings. The van der Waals surface area contributed by atoms with E-state index in [0.29, 0.717) is 19.5 Å². The molecule has 1 amide bonds. The molecule has 0 bridgehead atoms. The first kappa shape index (κ1) is 18.0. The van der Waals surface area contributed by atoms with Crippen LogP contribution in [0.1, 0.15) is 77.6 Å². The van der Waals surface area contributed by atoms with E-state index in [1.807, 2.05) is 0 Å². The molecular weight excluding hydrogens is 266 g/mol. The van der Waals surface area contributed by atoms with Crippen molar-refractivity contribution >= 4 is 11.9 Å². The first-order valence-electron chi connectivity index (χ1n) is 8.63. The summed E-state index contributed by atoms with van der Waals surface area (Å²) in [5.41, 5.74) is 0. The molecule has 0 aromatic heterocycles. The number of aliphatic carboxylic acids is 1. The molecule has 1 saturated heterocycles. The fraction of sp³-hybridized carbons (Fsp3) is 0.882. The molecule has 1 heterocycles. The third kappa shape index (κ3) is 8.08. The van der Waals surface area contributed by atoms with Crippen molar-refractivity contribution in [2.24, 2.45) is 5.92 Å². The van der Waals surface area contributed by atoms with Crippen LogP contribution < -0.4 is 0 Å². The highest BCUT2D eigenvalue weighted by atomic mass is 16.4. The SMILES string of the molecule is CCCCCCCCCCCC(=O)N1CC(CC(=O)O)C1. The molecule has 1 aliphatic heterocycles. The van der Waals surface area contributed by atoms with E-state index in [1.54, 1.807) is 4.90 Å². The fourth-order valence-electron chi connectivity index (χ4n) is 2.89. The predicted octanol–water partition coefficient (Wildman–Crippen LogP) is 3.84. The Hall–Kier alpha value is -1.06. The topological polar surface area (TPSA) is 57.6 Å². The number of nitrogens with zero attached hydrogens (tertiary/aromatic N) is 1. The molecule has 0 atom stereocenters. The Labute approximate surface area is 128 Å². The van der Waals surface area contributed by atoms with Crippen molar-refractivity contribution in [2.75, 3.05) is 13.1 Å². The van der Waals surface area contributed by atoms with Gasteiger partial charge in [0.15, 0.2) is 0 Å². The van der Waals surface area contributed by atoms with Crippen LogP contribution in [0.5, 0.6) is 0 Å². The van der Waals surface area contributed by atoms with Crippen molar-refractivity contribution in [3.8, 4) is 0 Å². The zero-order chi connectivity index (χ0) is 15.5. The predicted molar refractivity (Wildman–Crippen MR) is 84.2 cm³/mol. The Morgan fingerprint density at radius 1 is 0.952 bits per heavy atom. The lowest BCUT2D eigenvalue weighted by atomic mass is 9.95. The average molecular weight is 297 g/mol. The molecule has 4 heteroatoms. The van der Waals surface area contributed by atoms with Gasteiger partial charge in [0.1, 0.15) is 0 Å². The molecule has 0 unspecified atom stereocenters. The number of rotatable bonds is 12. The number of carbonyl (C=O) groups excluding carboxylic acids is 1. The quantitative estimate of drug-likeness (QED) is 0.557. The molecule has 122 valence electrons. The van der Waals surface area contributed by atoms with E-state index >= 15 is 0 Å². The van der Waals surface area contributed by atoms with Gasteiger partial charge < -0.3 is 10.0 Å². The second-order valence-electron chi connectivity index (χ2n) is 6.34. The van der Waals surface area contributed by atoms with E-state index in [4.69, 9.17) is 5.11 Å². The largest absolute Gasteiger partial charge is 0.481 e. The summed E-state index contributed by atoms with van der Waals surface area (Å²) in [6.07, 6.45) is 12.2. The second kappa shape index (κ2) is 10.6. The van der Waals surface area contributed by atoms with E-state index in [-0.39, 0.29) is 18.2 Å². The summed E-state index contributed by atoms with van der Waals surface area (Å²) >= 11 is 0. The third-order valence-corrected chi connectivity index (χ3v) is 4.27. The molecule has 0 aromatic rings. The van der Waals surface area contributed by atoms with Crippen molar-refractivity contribution < 1.29 is 14.7 Å². The maximum Gasteiger partial charge on any atom is 0.303 e. The van der Waals surface area contributed by atoms with Crippen LogP contribution in [0.15, 0.2) is 0 Å². The first-order chi connectivity index (χ1) is 10.1. The summed E-state index contributed by atoms with van der Waals surface area (Å²) in [4.78, 5) is 24.2. The molecular formula is C17H31NO3. The van der Waals surface area contributed by atoms with Gasteiger partial charge in [0.05, 0.1) is 6.42 Å². The van der Waals surface area contributed by atoms with Crippen LogP contribution in [0.4, 0.5) is 0 Å². The number of carbonyl (C=O) groups is 2. The Kier molecular flexibility index (Phi) is 9.11. The summed E-state index contributed by atoms with van der Waals surface area (Å²) in [7, 11) is 0. The van der Waals surface area contributed by atoms with Crippen LogP contribution in [0.3, 0.4) is 0 Å². The molecule has 0 aliphatic carbocycles. The van der Waals surface area contributed by atoms with Gasteiger partial charge in [0.2, 0.25) is 5.91 Å². The molecule has 4 nitrogen and oxygen atoms in total. The normalized spacial score (nSPS) is 15.0. The summed E-state index contributed by atoms with van der Waals surface area (Å²) < 4.78 is 0. The average Bonchev–Trinajstić information content (AvgIpc) is 2.40. The highest BCUT2D eigenvalue weighted by Crippen LogP contribution is 2.20. The molecule has 0 aromatic carbocycles. The molecule has 0 saturated carbocycles. The van der Waals surface area contributed by atoms with Crippen LogP contribution in [0.25, 0.3) is 0 Å². The summed E-state index contributed by atoms with van der Waals surface area (Å²) in [5.74, 6) is -0.375. The van der Waals surface area contributed by atoms with Gasteiger partial charge in [0, 0.05) is 25.4 Å². The highest BCUT2D eigenvalue weighted by molar-refractivity contribution is 5.77. The Morgan fingerprint density at radius 3 is 2.00 bits per heavy atom. The number of carboxylic acids is 1. The second-order valence-corrected chi connectivity index (χ2v) is 6.34. The number of hydrogen-bond donors (Lipinski definition) is 1. The Morgan fingerprint density at radius 2 is 1.48 bits per heavy atom. The van der Waals surface area contributed by atoms with Crippen LogP contribution in [-0.2, 0) is 9.59 Å². The van der Waals surface area contributed by atoms with Gasteiger partial charge in [-0.2, -0.15) is 0 Å². The van der Waals surface area contributed by atoms with Crippen LogP contribution >= 0.6 is 0 Å². The van der Waals surface area contributed by atoms with Gasteiger partial charge in [0.25, 0.3) is 0 Å². The van der Waals surface area contributed by atoms with Crippen LogP contribution in [0.2, 0.25) is 0 Å². The van der Waals surface area contributed by atoms with Crippen molar-refractivity contribution in [3.63, 3.8) is 0 Å². The van der Waals surface area contributed by atoms with Gasteiger partial charge in [-0.3, -0.25) is 9.59 Å². The smallest absolute Gasteiger partial charge is 0.303 e. The number of carboxylic acid groups (broad SMARTS) is 1. The van der Waals surface area contributed by atoms with Crippen molar-refractivity contribution in [1.82, 2.24) is 4.90 Å². The molecule has 1 aliphatic rings. The fourth-order valence-corrected chi connectivity index (χ4v) is 2.89. The zero-order valence-corrected chi connectivity index (χ0v) is 13.5. The lowest BCUT2D eigenvalue weighted by Crippen LogP contribution is -2.50. The van der Waals surface area contributed by atoms with Crippen molar-refractivity contribution in [1.29, 1.82) is 0 Å². The maximum atomic E-state index is 11.8. The lowest BCUT2D eigenvalue weighted by molar-refractivity contribution is -0.145. The van der Waals surface area contributed by atoms with Gasteiger partial charge in [-0.05, 0) is 6.42 Å². The third-order valence-electron chi connectivity index (χ3n) is 4.27. The van der Waals surface area contributed by atoms with E-state index in [2.05, 4.69) is 6.92 Å². The minimum Gasteiger partial charge on any atom is -0.481 e. The van der Waals surface area contributed by atoms with E-state index < -0.39 is 5.97 Å². The monoisotopic (exact) mass is 297 g/mol. The van der Waals surface area contributed by atoms with Gasteiger partial charge in [-0.1, -0.05) is 58.3 Å². The zero-order valence-electron chi connectivity index (χ0n) is 13.5. The number of amides is 1. The molecule has 21 heavy (non-hydrogen) atoms. The lowest BCUT2D eigenvalue weighted by Gasteiger charge is -2.38. The number of likely N-dealkylation sites (tertiary alicyclic amines) is 1. The van der Waals surface area contributed by atoms with E-state index in [1.165, 1.54) is 44.9 Å². The number of unbranched alkanes of at least 4 members (excludes halogenated alkanes) is 8. The molecule has 1 rings (SSSR count). The highest BCUT2D eigenvalue weighted by Gasteiger charge is 2.31. The standard InChI is InChI=1S/C17H31NO3/c1-2-3-4-5-6-7-8-9-10-11-16(19)18-13-15(14-18)12-17(20)21/h15H,2-14H2,1H3,(H,20,21). The molecule has 1 N–H and O–H groups in total. The van der Waals surface area contributed by atoms with Gasteiger partial charge in [-0.25, -0.2) is 0 Å². The van der Waals surface area contributed by atoms with Crippen molar-refractivity contribution in [2.45, 2.75) is 77.6 Å². The summed E-state index contributed by atoms with van der Waals surface area (Å²) in [6.45, 7) is 3.52. The van der Waals surface area contributed by atoms with Gasteiger partial charge in [-0.15, -0.1) is 0 Å². The molecule has 0 radical (unpaired) electrons. The van der Waals surface area contributed by atoms with E-state index in [9.17, 15) is 9.59 Å². The van der Waals surface area contributed by atoms with Crippen molar-refractivity contribution in [3.05, 3.63) is 0 Å². The Balaban J connectivity index is 1.87. The molecule has 0 spiro atoms. The Bertz CT molecular complexity index is 311. The minimum atomic E-state index is -0.758. The first-order valence-corrected chi connectivity index (χ1v) is 8.63. The van der Waals surface area contributed by atoms with E-state index in [0.717, 1.165) is 12.8 Å². The van der Waals surface area contributed by atoms with Gasteiger partial charge >= 0.3 is 5.97 Å². The maximum absolute atomic E-state index is 11.8. The summed E-state index contributed by atoms with van der Waals surface area (Å²) in [6, 6.07) is 0. The summed E-state index contributed by atoms with van der Waals surface area (Å²) in [5, 5.41) is 8.66. The van der Waals surface area contributed by atoms with Crippen LogP contribution in [-0.4, -0.2) is 35.0 Å². The van der Waals surface area contributed by atoms with Crippen LogP contribution in [0, 0.1) is 5.92 Å². The number of hydrogen-bond acceptors (Lipinski definition) is 2. The minimum absolute atomic E-state index is 0.176.